The third-order valence-corrected chi connectivity index (χ3v) is 6.73. The Kier molecular flexibility index (Phi) is 7.97. The van der Waals surface area contributed by atoms with Gasteiger partial charge in [0.15, 0.2) is 0 Å². The van der Waals surface area contributed by atoms with Crippen LogP contribution in [0, 0.1) is 0 Å². The standard InChI is InChI=1S/C27H26Cl2N4.ClH/c1-32-12-14-33(15-13-32)18-20-4-8-23(17-25(20)19-2-5-21(28)6-3-19)31-26-10-11-30-27-16-22(29)7-9-24(26)27;/h2-11,16-17H,12-15,18H2,1H3,(H,30,31);1H. The van der Waals surface area contributed by atoms with E-state index >= 15 is 0 Å². The van der Waals surface area contributed by atoms with E-state index in [1.807, 2.05) is 42.6 Å². The van der Waals surface area contributed by atoms with Crippen molar-refractivity contribution in [2.24, 2.45) is 0 Å². The Morgan fingerprint density at radius 1 is 0.853 bits per heavy atom. The number of nitrogens with zero attached hydrogens (tertiary/aromatic N) is 3. The van der Waals surface area contributed by atoms with E-state index in [9.17, 15) is 0 Å². The zero-order valence-electron chi connectivity index (χ0n) is 19.0. The Balaban J connectivity index is 0.00000274. The number of aromatic nitrogens is 1. The van der Waals surface area contributed by atoms with Crippen LogP contribution in [-0.4, -0.2) is 48.0 Å². The van der Waals surface area contributed by atoms with E-state index in [0.29, 0.717) is 5.02 Å². The molecule has 0 saturated carbocycles. The lowest BCUT2D eigenvalue weighted by Gasteiger charge is -2.32. The third kappa shape index (κ3) is 5.65. The lowest BCUT2D eigenvalue weighted by Crippen LogP contribution is -2.43. The third-order valence-electron chi connectivity index (χ3n) is 6.24. The van der Waals surface area contributed by atoms with Crippen LogP contribution in [0.15, 0.2) is 72.9 Å². The van der Waals surface area contributed by atoms with Crippen molar-refractivity contribution in [1.82, 2.24) is 14.8 Å². The summed E-state index contributed by atoms with van der Waals surface area (Å²) in [5, 5.41) is 6.07. The first-order valence-electron chi connectivity index (χ1n) is 11.2. The predicted molar refractivity (Wildman–Crippen MR) is 147 cm³/mol. The molecule has 0 radical (unpaired) electrons. The molecule has 5 rings (SSSR count). The molecular weight excluding hydrogens is 487 g/mol. The van der Waals surface area contributed by atoms with Gasteiger partial charge in [-0.2, -0.15) is 0 Å². The van der Waals surface area contributed by atoms with Gasteiger partial charge in [-0.1, -0.05) is 41.4 Å². The van der Waals surface area contributed by atoms with Gasteiger partial charge in [-0.05, 0) is 72.3 Å². The average Bonchev–Trinajstić information content (AvgIpc) is 2.82. The number of nitrogens with one attached hydrogen (secondary N) is 1. The van der Waals surface area contributed by atoms with Gasteiger partial charge in [0, 0.05) is 65.7 Å². The summed E-state index contributed by atoms with van der Waals surface area (Å²) < 4.78 is 0. The van der Waals surface area contributed by atoms with E-state index < -0.39 is 0 Å². The smallest absolute Gasteiger partial charge is 0.0737 e. The number of likely N-dealkylation sites (N-methyl/N-ethyl adjacent to an activating group) is 1. The van der Waals surface area contributed by atoms with Crippen LogP contribution < -0.4 is 5.32 Å². The number of hydrogen-bond acceptors (Lipinski definition) is 4. The van der Waals surface area contributed by atoms with Gasteiger partial charge < -0.3 is 10.2 Å². The summed E-state index contributed by atoms with van der Waals surface area (Å²) in [5.41, 5.74) is 6.61. The summed E-state index contributed by atoms with van der Waals surface area (Å²) in [6.07, 6.45) is 1.81. The lowest BCUT2D eigenvalue weighted by atomic mass is 9.98. The van der Waals surface area contributed by atoms with E-state index in [4.69, 9.17) is 23.2 Å². The fourth-order valence-electron chi connectivity index (χ4n) is 4.32. The molecule has 176 valence electrons. The second kappa shape index (κ2) is 10.9. The maximum atomic E-state index is 6.17. The van der Waals surface area contributed by atoms with Gasteiger partial charge in [-0.3, -0.25) is 9.88 Å². The number of piperazine rings is 1. The summed E-state index contributed by atoms with van der Waals surface area (Å²) in [6.45, 7) is 5.32. The van der Waals surface area contributed by atoms with Gasteiger partial charge in [0.25, 0.3) is 0 Å². The van der Waals surface area contributed by atoms with E-state index in [-0.39, 0.29) is 12.4 Å². The normalized spacial score (nSPS) is 14.7. The summed E-state index contributed by atoms with van der Waals surface area (Å²) in [5.74, 6) is 0. The number of rotatable bonds is 5. The molecule has 0 atom stereocenters. The van der Waals surface area contributed by atoms with Crippen molar-refractivity contribution in [1.29, 1.82) is 0 Å². The molecule has 1 N–H and O–H groups in total. The first-order valence-corrected chi connectivity index (χ1v) is 11.9. The molecule has 34 heavy (non-hydrogen) atoms. The molecule has 0 bridgehead atoms. The highest BCUT2D eigenvalue weighted by molar-refractivity contribution is 6.31. The number of hydrogen-bond donors (Lipinski definition) is 1. The second-order valence-corrected chi connectivity index (χ2v) is 9.48. The summed E-state index contributed by atoms with van der Waals surface area (Å²) in [7, 11) is 2.19. The topological polar surface area (TPSA) is 31.4 Å². The van der Waals surface area contributed by atoms with Crippen LogP contribution in [0.1, 0.15) is 5.56 Å². The molecule has 0 unspecified atom stereocenters. The van der Waals surface area contributed by atoms with Gasteiger partial charge in [-0.15, -0.1) is 12.4 Å². The second-order valence-electron chi connectivity index (χ2n) is 8.60. The number of pyridine rings is 1. The van der Waals surface area contributed by atoms with E-state index in [1.165, 1.54) is 16.7 Å². The molecule has 1 aromatic heterocycles. The summed E-state index contributed by atoms with van der Waals surface area (Å²) >= 11 is 12.3. The van der Waals surface area contributed by atoms with Crippen LogP contribution in [0.2, 0.25) is 10.0 Å². The van der Waals surface area contributed by atoms with Crippen LogP contribution in [0.4, 0.5) is 11.4 Å². The predicted octanol–water partition coefficient (Wildman–Crippen LogP) is 7.12. The number of halogens is 3. The zero-order chi connectivity index (χ0) is 22.8. The molecular formula is C27H27Cl3N4. The Morgan fingerprint density at radius 2 is 1.59 bits per heavy atom. The molecule has 4 aromatic rings. The van der Waals surface area contributed by atoms with Crippen molar-refractivity contribution in [3.05, 3.63) is 88.5 Å². The van der Waals surface area contributed by atoms with Crippen molar-refractivity contribution in [3.8, 4) is 11.1 Å². The molecule has 7 heteroatoms. The minimum atomic E-state index is 0. The van der Waals surface area contributed by atoms with E-state index in [0.717, 1.165) is 60.0 Å². The summed E-state index contributed by atoms with van der Waals surface area (Å²) in [4.78, 5) is 9.37. The first kappa shape index (κ1) is 24.8. The molecule has 4 nitrogen and oxygen atoms in total. The van der Waals surface area contributed by atoms with Crippen molar-refractivity contribution < 1.29 is 0 Å². The van der Waals surface area contributed by atoms with E-state index in [1.54, 1.807) is 0 Å². The number of anilines is 2. The van der Waals surface area contributed by atoms with Crippen molar-refractivity contribution >= 4 is 57.9 Å². The molecule has 1 aliphatic heterocycles. The molecule has 2 heterocycles. The molecule has 1 fully saturated rings. The SMILES string of the molecule is CN1CCN(Cc2ccc(Nc3ccnc4cc(Cl)ccc34)cc2-c2ccc(Cl)cc2)CC1.Cl. The van der Waals surface area contributed by atoms with Crippen molar-refractivity contribution in [3.63, 3.8) is 0 Å². The Morgan fingerprint density at radius 3 is 2.35 bits per heavy atom. The van der Waals surface area contributed by atoms with Gasteiger partial charge >= 0.3 is 0 Å². The molecule has 1 aliphatic rings. The molecule has 0 aliphatic carbocycles. The summed E-state index contributed by atoms with van der Waals surface area (Å²) in [6, 6.07) is 22.5. The molecule has 1 saturated heterocycles. The van der Waals surface area contributed by atoms with Crippen LogP contribution in [-0.2, 0) is 6.54 Å². The monoisotopic (exact) mass is 512 g/mol. The van der Waals surface area contributed by atoms with Crippen LogP contribution in [0.5, 0.6) is 0 Å². The highest BCUT2D eigenvalue weighted by atomic mass is 35.5. The first-order chi connectivity index (χ1) is 16.0. The molecule has 0 spiro atoms. The van der Waals surface area contributed by atoms with Crippen LogP contribution in [0.25, 0.3) is 22.0 Å². The van der Waals surface area contributed by atoms with Crippen LogP contribution in [0.3, 0.4) is 0 Å². The Bertz CT molecular complexity index is 1270. The van der Waals surface area contributed by atoms with Gasteiger partial charge in [0.1, 0.15) is 0 Å². The quantitative estimate of drug-likeness (QED) is 0.308. The molecule has 3 aromatic carbocycles. The fourth-order valence-corrected chi connectivity index (χ4v) is 4.62. The van der Waals surface area contributed by atoms with Crippen molar-refractivity contribution in [2.45, 2.75) is 6.54 Å². The van der Waals surface area contributed by atoms with Crippen molar-refractivity contribution in [2.75, 3.05) is 38.5 Å². The maximum Gasteiger partial charge on any atom is 0.0737 e. The largest absolute Gasteiger partial charge is 0.355 e. The lowest BCUT2D eigenvalue weighted by molar-refractivity contribution is 0.148. The van der Waals surface area contributed by atoms with Gasteiger partial charge in [0.2, 0.25) is 0 Å². The molecule has 0 amide bonds. The van der Waals surface area contributed by atoms with Gasteiger partial charge in [0.05, 0.1) is 5.52 Å². The Labute approximate surface area is 216 Å². The fraction of sp³-hybridized carbons (Fsp3) is 0.222. The number of fused-ring (bicyclic) bond motifs is 1. The van der Waals surface area contributed by atoms with E-state index in [2.05, 4.69) is 57.5 Å². The highest BCUT2D eigenvalue weighted by Crippen LogP contribution is 2.32. The maximum absolute atomic E-state index is 6.17. The minimum Gasteiger partial charge on any atom is -0.355 e. The zero-order valence-corrected chi connectivity index (χ0v) is 21.3. The van der Waals surface area contributed by atoms with Crippen LogP contribution >= 0.6 is 35.6 Å². The number of benzene rings is 3. The van der Waals surface area contributed by atoms with Gasteiger partial charge in [-0.25, -0.2) is 0 Å². The highest BCUT2D eigenvalue weighted by Gasteiger charge is 2.16. The Hall–Kier alpha value is -2.34. The minimum absolute atomic E-state index is 0. The average molecular weight is 514 g/mol.